The standard InChI is InChI=1S/C28H27N3O3/c1-2-34-25-14-12-24(13-15-25)26-16-17-28(33)31(30-26)19-18-29-27(32)20-21-8-10-23(11-9-21)22-6-4-3-5-7-22/h3-17H,2,18-20H2,1H3,(H,29,32). The highest BCUT2D eigenvalue weighted by Gasteiger charge is 2.07. The van der Waals surface area contributed by atoms with Gasteiger partial charge in [0, 0.05) is 18.2 Å². The quantitative estimate of drug-likeness (QED) is 0.409. The van der Waals surface area contributed by atoms with E-state index in [1.54, 1.807) is 6.07 Å². The fourth-order valence-corrected chi connectivity index (χ4v) is 3.65. The number of amides is 1. The van der Waals surface area contributed by atoms with Crippen molar-refractivity contribution in [2.24, 2.45) is 0 Å². The van der Waals surface area contributed by atoms with E-state index in [1.807, 2.05) is 73.7 Å². The predicted octanol–water partition coefficient (Wildman–Crippen LogP) is 4.33. The van der Waals surface area contributed by atoms with Gasteiger partial charge in [0.05, 0.1) is 25.3 Å². The Hall–Kier alpha value is -4.19. The largest absolute Gasteiger partial charge is 0.494 e. The highest BCUT2D eigenvalue weighted by atomic mass is 16.5. The SMILES string of the molecule is CCOc1ccc(-c2ccc(=O)n(CCNC(=O)Cc3ccc(-c4ccccc4)cc3)n2)cc1. The van der Waals surface area contributed by atoms with Crippen LogP contribution in [0, 0.1) is 0 Å². The lowest BCUT2D eigenvalue weighted by Gasteiger charge is -2.10. The molecule has 1 aromatic heterocycles. The molecule has 0 saturated heterocycles. The molecule has 0 aliphatic carbocycles. The lowest BCUT2D eigenvalue weighted by molar-refractivity contribution is -0.120. The predicted molar refractivity (Wildman–Crippen MR) is 134 cm³/mol. The number of hydrogen-bond donors (Lipinski definition) is 1. The maximum atomic E-state index is 12.4. The van der Waals surface area contributed by atoms with Crippen LogP contribution in [0.1, 0.15) is 12.5 Å². The molecule has 0 aliphatic heterocycles. The molecule has 1 heterocycles. The number of hydrogen-bond acceptors (Lipinski definition) is 4. The summed E-state index contributed by atoms with van der Waals surface area (Å²) in [5.41, 5.74) is 4.56. The molecule has 0 bridgehead atoms. The van der Waals surface area contributed by atoms with E-state index in [0.717, 1.165) is 28.0 Å². The summed E-state index contributed by atoms with van der Waals surface area (Å²) in [6.07, 6.45) is 0.281. The van der Waals surface area contributed by atoms with Crippen LogP contribution in [0.3, 0.4) is 0 Å². The molecule has 4 aromatic rings. The molecule has 3 aromatic carbocycles. The van der Waals surface area contributed by atoms with Crippen LogP contribution in [-0.4, -0.2) is 28.8 Å². The lowest BCUT2D eigenvalue weighted by atomic mass is 10.0. The molecule has 0 radical (unpaired) electrons. The van der Waals surface area contributed by atoms with Crippen molar-refractivity contribution in [3.63, 3.8) is 0 Å². The van der Waals surface area contributed by atoms with E-state index in [2.05, 4.69) is 22.5 Å². The Morgan fingerprint density at radius 1 is 0.853 bits per heavy atom. The van der Waals surface area contributed by atoms with E-state index < -0.39 is 0 Å². The summed E-state index contributed by atoms with van der Waals surface area (Å²) in [6.45, 7) is 3.15. The summed E-state index contributed by atoms with van der Waals surface area (Å²) in [5.74, 6) is 0.695. The van der Waals surface area contributed by atoms with Crippen LogP contribution in [-0.2, 0) is 17.8 Å². The van der Waals surface area contributed by atoms with Gasteiger partial charge in [0.15, 0.2) is 0 Å². The van der Waals surface area contributed by atoms with Gasteiger partial charge in [0.25, 0.3) is 5.56 Å². The summed E-state index contributed by atoms with van der Waals surface area (Å²) in [6, 6.07) is 28.9. The van der Waals surface area contributed by atoms with Crippen LogP contribution < -0.4 is 15.6 Å². The first-order chi connectivity index (χ1) is 16.6. The van der Waals surface area contributed by atoms with Crippen molar-refractivity contribution >= 4 is 5.91 Å². The molecule has 6 nitrogen and oxygen atoms in total. The number of rotatable bonds is 9. The average Bonchev–Trinajstić information content (AvgIpc) is 2.87. The maximum absolute atomic E-state index is 12.4. The van der Waals surface area contributed by atoms with Crippen molar-refractivity contribution in [3.05, 3.63) is 107 Å². The van der Waals surface area contributed by atoms with Crippen molar-refractivity contribution < 1.29 is 9.53 Å². The number of ether oxygens (including phenoxy) is 1. The van der Waals surface area contributed by atoms with Gasteiger partial charge in [-0.1, -0.05) is 54.6 Å². The van der Waals surface area contributed by atoms with Gasteiger partial charge in [0.2, 0.25) is 5.91 Å². The third kappa shape index (κ3) is 5.98. The molecule has 0 aliphatic rings. The zero-order valence-electron chi connectivity index (χ0n) is 19.1. The van der Waals surface area contributed by atoms with Gasteiger partial charge in [-0.15, -0.1) is 0 Å². The zero-order chi connectivity index (χ0) is 23.8. The monoisotopic (exact) mass is 453 g/mol. The van der Waals surface area contributed by atoms with Gasteiger partial charge in [0.1, 0.15) is 5.75 Å². The van der Waals surface area contributed by atoms with Gasteiger partial charge in [-0.25, -0.2) is 4.68 Å². The maximum Gasteiger partial charge on any atom is 0.266 e. The number of aromatic nitrogens is 2. The molecule has 34 heavy (non-hydrogen) atoms. The van der Waals surface area contributed by atoms with Crippen molar-refractivity contribution in [2.45, 2.75) is 19.9 Å². The minimum atomic E-state index is -0.208. The van der Waals surface area contributed by atoms with Crippen molar-refractivity contribution in [1.82, 2.24) is 15.1 Å². The summed E-state index contributed by atoms with van der Waals surface area (Å²) >= 11 is 0. The Morgan fingerprint density at radius 2 is 1.53 bits per heavy atom. The van der Waals surface area contributed by atoms with Gasteiger partial charge >= 0.3 is 0 Å². The Balaban J connectivity index is 1.32. The van der Waals surface area contributed by atoms with Crippen molar-refractivity contribution in [2.75, 3.05) is 13.2 Å². The number of nitrogens with one attached hydrogen (secondary N) is 1. The zero-order valence-corrected chi connectivity index (χ0v) is 19.1. The van der Waals surface area contributed by atoms with E-state index in [-0.39, 0.29) is 17.9 Å². The molecule has 172 valence electrons. The van der Waals surface area contributed by atoms with E-state index in [0.29, 0.717) is 25.4 Å². The van der Waals surface area contributed by atoms with Crippen LogP contribution in [0.2, 0.25) is 0 Å². The molecule has 4 rings (SSSR count). The Morgan fingerprint density at radius 3 is 2.24 bits per heavy atom. The van der Waals surface area contributed by atoms with Crippen LogP contribution >= 0.6 is 0 Å². The Labute approximate surface area is 198 Å². The van der Waals surface area contributed by atoms with Gasteiger partial charge in [-0.3, -0.25) is 9.59 Å². The van der Waals surface area contributed by atoms with Crippen LogP contribution in [0.5, 0.6) is 5.75 Å². The van der Waals surface area contributed by atoms with Crippen molar-refractivity contribution in [3.8, 4) is 28.1 Å². The van der Waals surface area contributed by atoms with E-state index in [9.17, 15) is 9.59 Å². The summed E-state index contributed by atoms with van der Waals surface area (Å²) in [4.78, 5) is 24.6. The molecule has 0 unspecified atom stereocenters. The third-order valence-corrected chi connectivity index (χ3v) is 5.40. The lowest BCUT2D eigenvalue weighted by Crippen LogP contribution is -2.32. The van der Waals surface area contributed by atoms with Crippen molar-refractivity contribution in [1.29, 1.82) is 0 Å². The number of carbonyl (C=O) groups excluding carboxylic acids is 1. The molecule has 0 spiro atoms. The molecule has 0 atom stereocenters. The molecule has 1 N–H and O–H groups in total. The fraction of sp³-hybridized carbons (Fsp3) is 0.179. The molecule has 0 fully saturated rings. The third-order valence-electron chi connectivity index (χ3n) is 5.40. The first kappa shape index (κ1) is 23.0. The minimum absolute atomic E-state index is 0.0943. The molecular formula is C28H27N3O3. The van der Waals surface area contributed by atoms with Gasteiger partial charge < -0.3 is 10.1 Å². The Kier molecular flexibility index (Phi) is 7.50. The molecule has 0 saturated carbocycles. The molecular weight excluding hydrogens is 426 g/mol. The molecule has 1 amide bonds. The highest BCUT2D eigenvalue weighted by molar-refractivity contribution is 5.78. The number of carbonyl (C=O) groups is 1. The minimum Gasteiger partial charge on any atom is -0.494 e. The first-order valence-corrected chi connectivity index (χ1v) is 11.3. The van der Waals surface area contributed by atoms with E-state index >= 15 is 0 Å². The summed E-state index contributed by atoms with van der Waals surface area (Å²) < 4.78 is 6.84. The summed E-state index contributed by atoms with van der Waals surface area (Å²) in [5, 5.41) is 7.33. The highest BCUT2D eigenvalue weighted by Crippen LogP contribution is 2.20. The van der Waals surface area contributed by atoms with Gasteiger partial charge in [-0.05, 0) is 53.9 Å². The summed E-state index contributed by atoms with van der Waals surface area (Å²) in [7, 11) is 0. The number of benzene rings is 3. The van der Waals surface area contributed by atoms with Crippen LogP contribution in [0.4, 0.5) is 0 Å². The second kappa shape index (κ2) is 11.1. The van der Waals surface area contributed by atoms with E-state index in [4.69, 9.17) is 4.74 Å². The van der Waals surface area contributed by atoms with Gasteiger partial charge in [-0.2, -0.15) is 5.10 Å². The van der Waals surface area contributed by atoms with Crippen LogP contribution in [0.15, 0.2) is 95.8 Å². The smallest absolute Gasteiger partial charge is 0.266 e. The second-order valence-corrected chi connectivity index (χ2v) is 7.83. The fourth-order valence-electron chi connectivity index (χ4n) is 3.65. The second-order valence-electron chi connectivity index (χ2n) is 7.83. The molecule has 6 heteroatoms. The topological polar surface area (TPSA) is 73.2 Å². The normalized spacial score (nSPS) is 10.6. The number of nitrogens with zero attached hydrogens (tertiary/aromatic N) is 2. The first-order valence-electron chi connectivity index (χ1n) is 11.3. The average molecular weight is 454 g/mol. The van der Waals surface area contributed by atoms with Crippen LogP contribution in [0.25, 0.3) is 22.4 Å². The van der Waals surface area contributed by atoms with E-state index in [1.165, 1.54) is 10.7 Å². The Bertz CT molecular complexity index is 1280.